The summed E-state index contributed by atoms with van der Waals surface area (Å²) in [5, 5.41) is 0. The minimum absolute atomic E-state index is 0.221. The van der Waals surface area contributed by atoms with Crippen LogP contribution in [0.4, 0.5) is 14.5 Å². The Bertz CT molecular complexity index is 712. The van der Waals surface area contributed by atoms with E-state index in [2.05, 4.69) is 4.99 Å². The van der Waals surface area contributed by atoms with E-state index in [-0.39, 0.29) is 23.6 Å². The zero-order valence-electron chi connectivity index (χ0n) is 11.6. The third kappa shape index (κ3) is 2.35. The highest BCUT2D eigenvalue weighted by atomic mass is 19.1. The van der Waals surface area contributed by atoms with Crippen LogP contribution in [0.25, 0.3) is 0 Å². The Hall–Kier alpha value is -2.43. The summed E-state index contributed by atoms with van der Waals surface area (Å²) in [6.07, 6.45) is 0. The fraction of sp³-hybridized carbons (Fsp3) is 0.188. The highest BCUT2D eigenvalue weighted by Crippen LogP contribution is 2.33. The van der Waals surface area contributed by atoms with Crippen molar-refractivity contribution in [3.05, 3.63) is 65.2 Å². The van der Waals surface area contributed by atoms with Crippen LogP contribution in [0.2, 0.25) is 0 Å². The molecule has 3 nitrogen and oxygen atoms in total. The number of hydrogen-bond acceptors (Lipinski definition) is 3. The zero-order chi connectivity index (χ0) is 15.0. The average Bonchev–Trinajstić information content (AvgIpc) is 2.84. The molecular formula is C16H15F2N3. The topological polar surface area (TPSA) is 41.6 Å². The van der Waals surface area contributed by atoms with Crippen LogP contribution in [0.3, 0.4) is 0 Å². The highest BCUT2D eigenvalue weighted by Gasteiger charge is 2.30. The maximum atomic E-state index is 14.0. The first-order chi connectivity index (χ1) is 10.1. The van der Waals surface area contributed by atoms with Crippen LogP contribution in [0.5, 0.6) is 0 Å². The van der Waals surface area contributed by atoms with E-state index in [0.717, 1.165) is 5.56 Å². The number of aliphatic imine (C=N–C) groups is 1. The zero-order valence-corrected chi connectivity index (χ0v) is 11.6. The number of anilines is 1. The lowest BCUT2D eigenvalue weighted by Gasteiger charge is -2.27. The molecule has 2 aromatic carbocycles. The number of halogens is 2. The second-order valence-corrected chi connectivity index (χ2v) is 5.04. The standard InChI is InChI=1S/C16H15F2N3/c1-10-8-11(6-7-12(10)17)15-9-20-16(19)21(15)14-5-3-2-4-13(14)18/h2-8,15H,9H2,1H3,(H2,19,20). The molecule has 2 N–H and O–H groups in total. The van der Waals surface area contributed by atoms with E-state index in [4.69, 9.17) is 5.73 Å². The number of para-hydroxylation sites is 1. The predicted molar refractivity (Wildman–Crippen MR) is 79.2 cm³/mol. The quantitative estimate of drug-likeness (QED) is 0.922. The van der Waals surface area contributed by atoms with Crippen molar-refractivity contribution in [1.82, 2.24) is 0 Å². The van der Waals surface area contributed by atoms with Gasteiger partial charge in [0.1, 0.15) is 11.6 Å². The number of hydrogen-bond donors (Lipinski definition) is 1. The smallest absolute Gasteiger partial charge is 0.196 e. The molecule has 0 fully saturated rings. The number of rotatable bonds is 2. The van der Waals surface area contributed by atoms with E-state index < -0.39 is 0 Å². The van der Waals surface area contributed by atoms with Gasteiger partial charge in [0.05, 0.1) is 18.3 Å². The molecule has 0 amide bonds. The Morgan fingerprint density at radius 3 is 2.62 bits per heavy atom. The van der Waals surface area contributed by atoms with E-state index >= 15 is 0 Å². The minimum atomic E-state index is -0.360. The van der Waals surface area contributed by atoms with Gasteiger partial charge in [-0.05, 0) is 36.2 Å². The summed E-state index contributed by atoms with van der Waals surface area (Å²) in [5.41, 5.74) is 7.70. The molecule has 0 radical (unpaired) electrons. The van der Waals surface area contributed by atoms with Crippen molar-refractivity contribution in [2.75, 3.05) is 11.4 Å². The van der Waals surface area contributed by atoms with Crippen molar-refractivity contribution in [3.8, 4) is 0 Å². The van der Waals surface area contributed by atoms with Crippen LogP contribution in [0.15, 0.2) is 47.5 Å². The molecular weight excluding hydrogens is 272 g/mol. The third-order valence-corrected chi connectivity index (χ3v) is 3.66. The molecule has 3 rings (SSSR count). The SMILES string of the molecule is Cc1cc(C2CN=C(N)N2c2ccccc2F)ccc1F. The monoisotopic (exact) mass is 287 g/mol. The van der Waals surface area contributed by atoms with Gasteiger partial charge >= 0.3 is 0 Å². The Kier molecular flexibility index (Phi) is 3.33. The second-order valence-electron chi connectivity index (χ2n) is 5.04. The fourth-order valence-corrected chi connectivity index (χ4v) is 2.57. The Balaban J connectivity index is 2.03. The minimum Gasteiger partial charge on any atom is -0.369 e. The van der Waals surface area contributed by atoms with Crippen LogP contribution in [0.1, 0.15) is 17.2 Å². The summed E-state index contributed by atoms with van der Waals surface area (Å²) in [6.45, 7) is 2.12. The van der Waals surface area contributed by atoms with Gasteiger partial charge in [-0.15, -0.1) is 0 Å². The molecule has 0 bridgehead atoms. The van der Waals surface area contributed by atoms with E-state index in [0.29, 0.717) is 17.8 Å². The van der Waals surface area contributed by atoms with Gasteiger partial charge in [-0.3, -0.25) is 4.99 Å². The van der Waals surface area contributed by atoms with Crippen molar-refractivity contribution < 1.29 is 8.78 Å². The molecule has 0 spiro atoms. The lowest BCUT2D eigenvalue weighted by atomic mass is 10.0. The molecule has 0 aromatic heterocycles. The van der Waals surface area contributed by atoms with Gasteiger partial charge in [-0.1, -0.05) is 24.3 Å². The maximum Gasteiger partial charge on any atom is 0.196 e. The van der Waals surface area contributed by atoms with Crippen LogP contribution in [0, 0.1) is 18.6 Å². The average molecular weight is 287 g/mol. The van der Waals surface area contributed by atoms with Crippen molar-refractivity contribution in [3.63, 3.8) is 0 Å². The molecule has 1 unspecified atom stereocenters. The molecule has 1 heterocycles. The molecule has 1 aliphatic rings. The first-order valence-electron chi connectivity index (χ1n) is 6.67. The summed E-state index contributed by atoms with van der Waals surface area (Å²) in [5.74, 6) is -0.350. The summed E-state index contributed by atoms with van der Waals surface area (Å²) in [7, 11) is 0. The largest absolute Gasteiger partial charge is 0.369 e. The van der Waals surface area contributed by atoms with Crippen LogP contribution in [-0.4, -0.2) is 12.5 Å². The summed E-state index contributed by atoms with van der Waals surface area (Å²) >= 11 is 0. The summed E-state index contributed by atoms with van der Waals surface area (Å²) < 4.78 is 27.5. The lowest BCUT2D eigenvalue weighted by molar-refractivity contribution is 0.612. The molecule has 0 saturated carbocycles. The lowest BCUT2D eigenvalue weighted by Crippen LogP contribution is -2.36. The molecule has 21 heavy (non-hydrogen) atoms. The van der Waals surface area contributed by atoms with Crippen LogP contribution < -0.4 is 10.6 Å². The first kappa shape index (κ1) is 13.5. The van der Waals surface area contributed by atoms with E-state index in [1.54, 1.807) is 42.2 Å². The Morgan fingerprint density at radius 1 is 1.14 bits per heavy atom. The van der Waals surface area contributed by atoms with Crippen molar-refractivity contribution >= 4 is 11.6 Å². The van der Waals surface area contributed by atoms with Gasteiger partial charge in [0.2, 0.25) is 0 Å². The summed E-state index contributed by atoms with van der Waals surface area (Å²) in [6, 6.07) is 11.0. The fourth-order valence-electron chi connectivity index (χ4n) is 2.57. The number of benzene rings is 2. The van der Waals surface area contributed by atoms with E-state index in [1.807, 2.05) is 0 Å². The van der Waals surface area contributed by atoms with Gasteiger partial charge in [0.15, 0.2) is 5.96 Å². The highest BCUT2D eigenvalue weighted by molar-refractivity contribution is 5.97. The van der Waals surface area contributed by atoms with Gasteiger partial charge in [-0.25, -0.2) is 8.78 Å². The third-order valence-electron chi connectivity index (χ3n) is 3.66. The molecule has 0 aliphatic carbocycles. The molecule has 2 aromatic rings. The van der Waals surface area contributed by atoms with Gasteiger partial charge < -0.3 is 10.6 Å². The molecule has 1 atom stereocenters. The predicted octanol–water partition coefficient (Wildman–Crippen LogP) is 3.15. The van der Waals surface area contributed by atoms with Crippen LogP contribution in [-0.2, 0) is 0 Å². The van der Waals surface area contributed by atoms with Gasteiger partial charge in [0, 0.05) is 0 Å². The second kappa shape index (κ2) is 5.16. The molecule has 5 heteroatoms. The van der Waals surface area contributed by atoms with E-state index in [9.17, 15) is 8.78 Å². The number of nitrogens with two attached hydrogens (primary N) is 1. The van der Waals surface area contributed by atoms with E-state index in [1.165, 1.54) is 12.1 Å². The maximum absolute atomic E-state index is 14.0. The van der Waals surface area contributed by atoms with Crippen LogP contribution >= 0.6 is 0 Å². The molecule has 1 aliphatic heterocycles. The number of aryl methyl sites for hydroxylation is 1. The van der Waals surface area contributed by atoms with Gasteiger partial charge in [-0.2, -0.15) is 0 Å². The van der Waals surface area contributed by atoms with Crippen molar-refractivity contribution in [2.24, 2.45) is 10.7 Å². The Labute approximate surface area is 121 Å². The Morgan fingerprint density at radius 2 is 1.90 bits per heavy atom. The van der Waals surface area contributed by atoms with Gasteiger partial charge in [0.25, 0.3) is 0 Å². The first-order valence-corrected chi connectivity index (χ1v) is 6.67. The normalized spacial score (nSPS) is 18.0. The molecule has 0 saturated heterocycles. The van der Waals surface area contributed by atoms with Crippen molar-refractivity contribution in [1.29, 1.82) is 0 Å². The molecule has 108 valence electrons. The van der Waals surface area contributed by atoms with Crippen molar-refractivity contribution in [2.45, 2.75) is 13.0 Å². The number of nitrogens with zero attached hydrogens (tertiary/aromatic N) is 2. The summed E-state index contributed by atoms with van der Waals surface area (Å²) in [4.78, 5) is 5.86. The number of guanidine groups is 1.